The topological polar surface area (TPSA) is 49.4 Å². The minimum absolute atomic E-state index is 0.0517. The summed E-state index contributed by atoms with van der Waals surface area (Å²) in [6, 6.07) is -0.185. The molecule has 0 spiro atoms. The molecular formula is C13H22N2O2. The van der Waals surface area contributed by atoms with Gasteiger partial charge in [0.05, 0.1) is 6.54 Å². The Morgan fingerprint density at radius 3 is 2.71 bits per heavy atom. The molecule has 1 saturated carbocycles. The molecule has 4 heteroatoms. The van der Waals surface area contributed by atoms with E-state index >= 15 is 0 Å². The van der Waals surface area contributed by atoms with Crippen LogP contribution in [-0.2, 0) is 9.59 Å². The second-order valence-electron chi connectivity index (χ2n) is 5.44. The minimum atomic E-state index is -0.185. The minimum Gasteiger partial charge on any atom is -0.345 e. The summed E-state index contributed by atoms with van der Waals surface area (Å²) in [6.45, 7) is 5.23. The fourth-order valence-electron chi connectivity index (χ4n) is 2.68. The fourth-order valence-corrected chi connectivity index (χ4v) is 2.68. The Balaban J connectivity index is 2.03. The van der Waals surface area contributed by atoms with Gasteiger partial charge >= 0.3 is 0 Å². The summed E-state index contributed by atoms with van der Waals surface area (Å²) in [5.41, 5.74) is 0. The van der Waals surface area contributed by atoms with E-state index in [2.05, 4.69) is 19.2 Å². The number of nitrogens with zero attached hydrogens (tertiary/aromatic N) is 1. The molecule has 17 heavy (non-hydrogen) atoms. The third-order valence-electron chi connectivity index (χ3n) is 3.70. The lowest BCUT2D eigenvalue weighted by Crippen LogP contribution is -2.60. The smallest absolute Gasteiger partial charge is 0.243 e. The second kappa shape index (κ2) is 5.07. The van der Waals surface area contributed by atoms with Gasteiger partial charge in [0.25, 0.3) is 0 Å². The third-order valence-corrected chi connectivity index (χ3v) is 3.70. The predicted molar refractivity (Wildman–Crippen MR) is 65.3 cm³/mol. The van der Waals surface area contributed by atoms with E-state index < -0.39 is 0 Å². The van der Waals surface area contributed by atoms with Crippen molar-refractivity contribution in [3.8, 4) is 0 Å². The van der Waals surface area contributed by atoms with Gasteiger partial charge in [-0.2, -0.15) is 0 Å². The first-order valence-electron chi connectivity index (χ1n) is 6.70. The highest BCUT2D eigenvalue weighted by molar-refractivity contribution is 5.95. The zero-order chi connectivity index (χ0) is 12.4. The molecule has 2 atom stereocenters. The highest BCUT2D eigenvalue weighted by atomic mass is 16.2. The van der Waals surface area contributed by atoms with Crippen LogP contribution < -0.4 is 5.32 Å². The summed E-state index contributed by atoms with van der Waals surface area (Å²) in [6.07, 6.45) is 4.42. The number of amides is 2. The number of carbonyl (C=O) groups excluding carboxylic acids is 2. The summed E-state index contributed by atoms with van der Waals surface area (Å²) in [5, 5.41) is 2.71. The van der Waals surface area contributed by atoms with E-state index in [1.54, 1.807) is 0 Å². The number of hydrogen-bond acceptors (Lipinski definition) is 2. The SMILES string of the molecule is CCCC(C)CN1C(=O)CNC(=O)C1C1CC1. The molecule has 0 aromatic heterocycles. The van der Waals surface area contributed by atoms with E-state index in [-0.39, 0.29) is 24.4 Å². The van der Waals surface area contributed by atoms with Crippen LogP contribution in [0.5, 0.6) is 0 Å². The largest absolute Gasteiger partial charge is 0.345 e. The summed E-state index contributed by atoms with van der Waals surface area (Å²) < 4.78 is 0. The van der Waals surface area contributed by atoms with Crippen molar-refractivity contribution in [1.29, 1.82) is 0 Å². The summed E-state index contributed by atoms with van der Waals surface area (Å²) >= 11 is 0. The first kappa shape index (κ1) is 12.4. The molecule has 0 aromatic rings. The highest BCUT2D eigenvalue weighted by Crippen LogP contribution is 2.36. The summed E-state index contributed by atoms with van der Waals surface area (Å²) in [5.74, 6) is 1.03. The number of hydrogen-bond donors (Lipinski definition) is 1. The first-order chi connectivity index (χ1) is 8.13. The van der Waals surface area contributed by atoms with Crippen LogP contribution in [0.15, 0.2) is 0 Å². The Morgan fingerprint density at radius 2 is 2.12 bits per heavy atom. The molecule has 4 nitrogen and oxygen atoms in total. The van der Waals surface area contributed by atoms with Gasteiger partial charge in [-0.3, -0.25) is 9.59 Å². The van der Waals surface area contributed by atoms with Crippen LogP contribution in [-0.4, -0.2) is 35.8 Å². The molecule has 1 saturated heterocycles. The fraction of sp³-hybridized carbons (Fsp3) is 0.846. The van der Waals surface area contributed by atoms with Gasteiger partial charge in [-0.1, -0.05) is 20.3 Å². The van der Waals surface area contributed by atoms with Crippen molar-refractivity contribution >= 4 is 11.8 Å². The van der Waals surface area contributed by atoms with Crippen LogP contribution in [0.2, 0.25) is 0 Å². The van der Waals surface area contributed by atoms with E-state index in [9.17, 15) is 9.59 Å². The van der Waals surface area contributed by atoms with Crippen LogP contribution in [0.4, 0.5) is 0 Å². The lowest BCUT2D eigenvalue weighted by atomic mass is 10.0. The molecule has 1 N–H and O–H groups in total. The van der Waals surface area contributed by atoms with Crippen molar-refractivity contribution in [3.63, 3.8) is 0 Å². The summed E-state index contributed by atoms with van der Waals surface area (Å²) in [7, 11) is 0. The Labute approximate surface area is 103 Å². The van der Waals surface area contributed by atoms with Crippen LogP contribution in [0.3, 0.4) is 0 Å². The lowest BCUT2D eigenvalue weighted by molar-refractivity contribution is -0.147. The first-order valence-corrected chi connectivity index (χ1v) is 6.70. The average molecular weight is 238 g/mol. The van der Waals surface area contributed by atoms with E-state index in [1.807, 2.05) is 4.90 Å². The van der Waals surface area contributed by atoms with E-state index in [0.717, 1.165) is 32.2 Å². The van der Waals surface area contributed by atoms with Gasteiger partial charge in [0, 0.05) is 6.54 Å². The number of piperazine rings is 1. The molecule has 1 aliphatic heterocycles. The lowest BCUT2D eigenvalue weighted by Gasteiger charge is -2.36. The van der Waals surface area contributed by atoms with E-state index in [4.69, 9.17) is 0 Å². The van der Waals surface area contributed by atoms with Crippen LogP contribution in [0, 0.1) is 11.8 Å². The monoisotopic (exact) mass is 238 g/mol. The van der Waals surface area contributed by atoms with Gasteiger partial charge in [0.15, 0.2) is 0 Å². The third kappa shape index (κ3) is 2.79. The van der Waals surface area contributed by atoms with E-state index in [0.29, 0.717) is 11.8 Å². The molecule has 0 aromatic carbocycles. The molecule has 1 heterocycles. The van der Waals surface area contributed by atoms with Crippen LogP contribution >= 0.6 is 0 Å². The molecule has 2 unspecified atom stereocenters. The van der Waals surface area contributed by atoms with Gasteiger partial charge in [0.1, 0.15) is 6.04 Å². The van der Waals surface area contributed by atoms with Crippen LogP contribution in [0.25, 0.3) is 0 Å². The van der Waals surface area contributed by atoms with Gasteiger partial charge in [-0.15, -0.1) is 0 Å². The quantitative estimate of drug-likeness (QED) is 0.781. The van der Waals surface area contributed by atoms with Crippen molar-refractivity contribution in [2.24, 2.45) is 11.8 Å². The van der Waals surface area contributed by atoms with Crippen molar-refractivity contribution in [2.45, 2.75) is 45.6 Å². The molecule has 2 amide bonds. The molecule has 0 bridgehead atoms. The zero-order valence-electron chi connectivity index (χ0n) is 10.7. The van der Waals surface area contributed by atoms with Crippen molar-refractivity contribution < 1.29 is 9.59 Å². The van der Waals surface area contributed by atoms with Gasteiger partial charge in [-0.25, -0.2) is 0 Å². The Kier molecular flexibility index (Phi) is 3.69. The molecule has 96 valence electrons. The Morgan fingerprint density at radius 1 is 1.41 bits per heavy atom. The summed E-state index contributed by atoms with van der Waals surface area (Å²) in [4.78, 5) is 25.6. The van der Waals surface area contributed by atoms with E-state index in [1.165, 1.54) is 0 Å². The zero-order valence-corrected chi connectivity index (χ0v) is 10.7. The van der Waals surface area contributed by atoms with Gasteiger partial charge in [-0.05, 0) is 31.1 Å². The molecule has 2 fully saturated rings. The number of nitrogens with one attached hydrogen (secondary N) is 1. The molecular weight excluding hydrogens is 216 g/mol. The van der Waals surface area contributed by atoms with Crippen LogP contribution in [0.1, 0.15) is 39.5 Å². The van der Waals surface area contributed by atoms with Gasteiger partial charge < -0.3 is 10.2 Å². The maximum absolute atomic E-state index is 11.9. The van der Waals surface area contributed by atoms with Crippen molar-refractivity contribution in [3.05, 3.63) is 0 Å². The predicted octanol–water partition coefficient (Wildman–Crippen LogP) is 1.16. The normalized spacial score (nSPS) is 26.9. The molecule has 0 radical (unpaired) electrons. The molecule has 2 aliphatic rings. The second-order valence-corrected chi connectivity index (χ2v) is 5.44. The molecule has 2 rings (SSSR count). The highest BCUT2D eigenvalue weighted by Gasteiger charge is 2.44. The maximum Gasteiger partial charge on any atom is 0.243 e. The molecule has 1 aliphatic carbocycles. The van der Waals surface area contributed by atoms with Gasteiger partial charge in [0.2, 0.25) is 11.8 Å². The Bertz CT molecular complexity index is 313. The number of carbonyl (C=O) groups is 2. The Hall–Kier alpha value is -1.06. The standard InChI is InChI=1S/C13H22N2O2/c1-3-4-9(2)8-15-11(16)7-14-13(17)12(15)10-5-6-10/h9-10,12H,3-8H2,1-2H3,(H,14,17). The van der Waals surface area contributed by atoms with Crippen molar-refractivity contribution in [1.82, 2.24) is 10.2 Å². The average Bonchev–Trinajstić information content (AvgIpc) is 3.08. The number of rotatable bonds is 5. The maximum atomic E-state index is 11.9. The van der Waals surface area contributed by atoms with Crippen molar-refractivity contribution in [2.75, 3.05) is 13.1 Å².